The lowest BCUT2D eigenvalue weighted by molar-refractivity contribution is -0.161. The Kier molecular flexibility index (Phi) is 5.38. The van der Waals surface area contributed by atoms with Gasteiger partial charge in [0.1, 0.15) is 5.75 Å². The minimum Gasteiger partial charge on any atom is -0.482 e. The number of rotatable bonds is 5. The van der Waals surface area contributed by atoms with E-state index in [1.807, 2.05) is 36.6 Å². The second-order valence-electron chi connectivity index (χ2n) is 6.07. The number of nitrogens with zero attached hydrogens (tertiary/aromatic N) is 1. The molecule has 6 heteroatoms. The molecule has 0 aliphatic carbocycles. The Morgan fingerprint density at radius 3 is 2.88 bits per heavy atom. The molecule has 0 bridgehead atoms. The van der Waals surface area contributed by atoms with Crippen molar-refractivity contribution in [3.63, 3.8) is 0 Å². The Morgan fingerprint density at radius 2 is 2.08 bits per heavy atom. The number of aryl methyl sites for hydroxylation is 1. The van der Waals surface area contributed by atoms with Crippen molar-refractivity contribution >= 4 is 23.2 Å². The number of esters is 1. The highest BCUT2D eigenvalue weighted by Crippen LogP contribution is 2.24. The van der Waals surface area contributed by atoms with Gasteiger partial charge in [-0.15, -0.1) is 11.3 Å². The summed E-state index contributed by atoms with van der Waals surface area (Å²) in [7, 11) is 0. The van der Waals surface area contributed by atoms with Crippen molar-refractivity contribution < 1.29 is 19.1 Å². The zero-order chi connectivity index (χ0) is 17.8. The third kappa shape index (κ3) is 4.20. The molecule has 132 valence electrons. The van der Waals surface area contributed by atoms with Gasteiger partial charge in [0, 0.05) is 18.0 Å². The first-order valence-electron chi connectivity index (χ1n) is 8.26. The number of para-hydroxylation sites is 1. The van der Waals surface area contributed by atoms with Crippen LogP contribution in [0.4, 0.5) is 0 Å². The molecule has 0 spiro atoms. The van der Waals surface area contributed by atoms with Gasteiger partial charge in [0.15, 0.2) is 12.7 Å². The highest BCUT2D eigenvalue weighted by atomic mass is 32.1. The maximum atomic E-state index is 12.5. The molecule has 1 aromatic carbocycles. The Bertz CT molecular complexity index is 770. The lowest BCUT2D eigenvalue weighted by Gasteiger charge is -2.29. The maximum Gasteiger partial charge on any atom is 0.344 e. The van der Waals surface area contributed by atoms with E-state index in [1.165, 1.54) is 10.4 Å². The fourth-order valence-corrected chi connectivity index (χ4v) is 3.72. The fourth-order valence-electron chi connectivity index (χ4n) is 2.83. The summed E-state index contributed by atoms with van der Waals surface area (Å²) < 4.78 is 10.7. The van der Waals surface area contributed by atoms with Gasteiger partial charge in [0.05, 0.1) is 0 Å². The quantitative estimate of drug-likeness (QED) is 0.770. The van der Waals surface area contributed by atoms with E-state index in [-0.39, 0.29) is 12.5 Å². The van der Waals surface area contributed by atoms with Gasteiger partial charge >= 0.3 is 5.97 Å². The van der Waals surface area contributed by atoms with Crippen molar-refractivity contribution in [3.8, 4) is 5.75 Å². The number of thiophene rings is 1. The molecule has 3 rings (SSSR count). The van der Waals surface area contributed by atoms with Crippen LogP contribution in [0.15, 0.2) is 35.7 Å². The molecule has 1 aliphatic heterocycles. The molecule has 0 saturated heterocycles. The number of hydrogen-bond donors (Lipinski definition) is 0. The minimum atomic E-state index is -0.812. The average molecular weight is 359 g/mol. The van der Waals surface area contributed by atoms with Crippen molar-refractivity contribution in [2.24, 2.45) is 0 Å². The molecule has 1 aliphatic rings. The van der Waals surface area contributed by atoms with E-state index in [2.05, 4.69) is 0 Å². The number of fused-ring (bicyclic) bond motifs is 1. The third-order valence-electron chi connectivity index (χ3n) is 4.21. The van der Waals surface area contributed by atoms with Crippen molar-refractivity contribution in [1.29, 1.82) is 0 Å². The number of hydrogen-bond acceptors (Lipinski definition) is 5. The van der Waals surface area contributed by atoms with Crippen LogP contribution in [-0.2, 0) is 27.3 Å². The second-order valence-corrected chi connectivity index (χ2v) is 7.07. The van der Waals surface area contributed by atoms with Crippen LogP contribution >= 0.6 is 11.3 Å². The Hall–Kier alpha value is -2.34. The number of carbonyl (C=O) groups excluding carboxylic acids is 2. The van der Waals surface area contributed by atoms with Crippen molar-refractivity contribution in [3.05, 3.63) is 51.7 Å². The normalized spacial score (nSPS) is 14.6. The molecule has 2 aromatic rings. The first-order chi connectivity index (χ1) is 12.0. The highest BCUT2D eigenvalue weighted by Gasteiger charge is 2.27. The monoisotopic (exact) mass is 359 g/mol. The molecule has 5 nitrogen and oxygen atoms in total. The van der Waals surface area contributed by atoms with Gasteiger partial charge in [-0.2, -0.15) is 0 Å². The second kappa shape index (κ2) is 7.70. The Labute approximate surface area is 151 Å². The third-order valence-corrected chi connectivity index (χ3v) is 5.24. The summed E-state index contributed by atoms with van der Waals surface area (Å²) in [5.74, 6) is -0.0714. The van der Waals surface area contributed by atoms with Gasteiger partial charge in [-0.3, -0.25) is 4.79 Å². The smallest absolute Gasteiger partial charge is 0.344 e. The van der Waals surface area contributed by atoms with Gasteiger partial charge < -0.3 is 14.4 Å². The van der Waals surface area contributed by atoms with E-state index in [0.29, 0.717) is 18.8 Å². The summed E-state index contributed by atoms with van der Waals surface area (Å²) in [6.45, 7) is 4.55. The largest absolute Gasteiger partial charge is 0.482 e. The van der Waals surface area contributed by atoms with Crippen LogP contribution in [0.25, 0.3) is 0 Å². The Morgan fingerprint density at radius 1 is 1.28 bits per heavy atom. The summed E-state index contributed by atoms with van der Waals surface area (Å²) >= 11 is 1.72. The van der Waals surface area contributed by atoms with E-state index in [4.69, 9.17) is 9.47 Å². The molecular weight excluding hydrogens is 338 g/mol. The maximum absolute atomic E-state index is 12.5. The van der Waals surface area contributed by atoms with Gasteiger partial charge in [-0.1, -0.05) is 18.2 Å². The zero-order valence-electron chi connectivity index (χ0n) is 14.4. The predicted molar refractivity (Wildman–Crippen MR) is 95.7 cm³/mol. The molecule has 1 aromatic heterocycles. The highest BCUT2D eigenvalue weighted by molar-refractivity contribution is 7.10. The SMILES string of the molecule is Cc1ccccc1OCC(=O)OC(C)C(=O)N1CCc2sccc2C1. The van der Waals surface area contributed by atoms with Crippen LogP contribution in [-0.4, -0.2) is 36.0 Å². The van der Waals surface area contributed by atoms with E-state index in [0.717, 1.165) is 12.0 Å². The predicted octanol–water partition coefficient (Wildman–Crippen LogP) is 2.95. The molecule has 25 heavy (non-hydrogen) atoms. The van der Waals surface area contributed by atoms with E-state index < -0.39 is 12.1 Å². The summed E-state index contributed by atoms with van der Waals surface area (Å²) in [6.07, 6.45) is 0.0451. The van der Waals surface area contributed by atoms with Crippen LogP contribution in [0.1, 0.15) is 22.9 Å². The average Bonchev–Trinajstić information content (AvgIpc) is 3.08. The summed E-state index contributed by atoms with van der Waals surface area (Å²) in [6, 6.07) is 9.49. The van der Waals surface area contributed by atoms with E-state index in [1.54, 1.807) is 29.2 Å². The van der Waals surface area contributed by atoms with Crippen molar-refractivity contribution in [2.45, 2.75) is 32.9 Å². The molecule has 1 unspecified atom stereocenters. The number of amides is 1. The molecule has 0 saturated carbocycles. The van der Waals surface area contributed by atoms with Gasteiger partial charge in [0.2, 0.25) is 0 Å². The van der Waals surface area contributed by atoms with Gasteiger partial charge in [-0.25, -0.2) is 4.79 Å². The van der Waals surface area contributed by atoms with Crippen molar-refractivity contribution in [2.75, 3.05) is 13.2 Å². The first-order valence-corrected chi connectivity index (χ1v) is 9.14. The van der Waals surface area contributed by atoms with Crippen LogP contribution in [0.2, 0.25) is 0 Å². The molecule has 0 radical (unpaired) electrons. The standard InChI is InChI=1S/C19H21NO4S/c1-13-5-3-4-6-16(13)23-12-18(21)24-14(2)19(22)20-9-7-17-15(11-20)8-10-25-17/h3-6,8,10,14H,7,9,11-12H2,1-2H3. The van der Waals surface area contributed by atoms with E-state index >= 15 is 0 Å². The van der Waals surface area contributed by atoms with Gasteiger partial charge in [-0.05, 0) is 48.9 Å². The summed E-state index contributed by atoms with van der Waals surface area (Å²) in [5.41, 5.74) is 2.13. The van der Waals surface area contributed by atoms with Crippen LogP contribution in [0.3, 0.4) is 0 Å². The lowest BCUT2D eigenvalue weighted by atomic mass is 10.1. The minimum absolute atomic E-state index is 0.166. The molecule has 1 atom stereocenters. The van der Waals surface area contributed by atoms with Gasteiger partial charge in [0.25, 0.3) is 5.91 Å². The van der Waals surface area contributed by atoms with Crippen LogP contribution in [0, 0.1) is 6.92 Å². The summed E-state index contributed by atoms with van der Waals surface area (Å²) in [5, 5.41) is 2.05. The van der Waals surface area contributed by atoms with E-state index in [9.17, 15) is 9.59 Å². The zero-order valence-corrected chi connectivity index (χ0v) is 15.2. The van der Waals surface area contributed by atoms with Crippen LogP contribution < -0.4 is 4.74 Å². The lowest BCUT2D eigenvalue weighted by Crippen LogP contribution is -2.42. The molecule has 1 amide bonds. The number of ether oxygens (including phenoxy) is 2. The molecule has 0 N–H and O–H groups in total. The van der Waals surface area contributed by atoms with Crippen LogP contribution in [0.5, 0.6) is 5.75 Å². The molecule has 0 fully saturated rings. The molecule has 2 heterocycles. The number of carbonyl (C=O) groups is 2. The Balaban J connectivity index is 1.50. The number of benzene rings is 1. The topological polar surface area (TPSA) is 55.8 Å². The molecular formula is C19H21NO4S. The summed E-state index contributed by atoms with van der Waals surface area (Å²) in [4.78, 5) is 27.5. The fraction of sp³-hybridized carbons (Fsp3) is 0.368. The van der Waals surface area contributed by atoms with Crippen molar-refractivity contribution in [1.82, 2.24) is 4.90 Å². The first kappa shape index (κ1) is 17.5.